The molecule has 1 saturated carbocycles. The van der Waals surface area contributed by atoms with Gasteiger partial charge in [-0.3, -0.25) is 10.1 Å². The predicted octanol–water partition coefficient (Wildman–Crippen LogP) is 5.34. The zero-order chi connectivity index (χ0) is 15.1. The van der Waals surface area contributed by atoms with E-state index in [1.807, 2.05) is 0 Å². The molecule has 0 heterocycles. The molecule has 0 amide bonds. The Morgan fingerprint density at radius 2 is 2.25 bits per heavy atom. The summed E-state index contributed by atoms with van der Waals surface area (Å²) in [4.78, 5) is 11.0. The second-order valence-electron chi connectivity index (χ2n) is 5.16. The highest BCUT2D eigenvalue weighted by atomic mass is 79.9. The van der Waals surface area contributed by atoms with Crippen molar-refractivity contribution in [1.29, 1.82) is 0 Å². The number of nitro groups is 1. The van der Waals surface area contributed by atoms with Crippen molar-refractivity contribution in [1.82, 2.24) is 0 Å². The molecule has 0 bridgehead atoms. The van der Waals surface area contributed by atoms with Crippen LogP contribution >= 0.6 is 43.5 Å². The van der Waals surface area contributed by atoms with Crippen LogP contribution in [0.25, 0.3) is 0 Å². The second kappa shape index (κ2) is 5.81. The van der Waals surface area contributed by atoms with E-state index in [1.54, 1.807) is 6.07 Å². The van der Waals surface area contributed by atoms with Gasteiger partial charge in [0.25, 0.3) is 0 Å². The molecule has 1 aliphatic rings. The molecule has 7 heteroatoms. The summed E-state index contributed by atoms with van der Waals surface area (Å²) in [5.41, 5.74) is -0.131. The molecule has 1 aromatic carbocycles. The Bertz CT molecular complexity index is 555. The van der Waals surface area contributed by atoms with E-state index in [-0.39, 0.29) is 23.0 Å². The molecule has 0 saturated heterocycles. The third-order valence-corrected chi connectivity index (χ3v) is 6.31. The Hall–Kier alpha value is -0.330. The molecule has 1 fully saturated rings. The number of alkyl halides is 1. The molecular weight excluding hydrogens is 413 g/mol. The lowest BCUT2D eigenvalue weighted by Crippen LogP contribution is -2.54. The van der Waals surface area contributed by atoms with Crippen LogP contribution in [0.4, 0.5) is 5.69 Å². The third kappa shape index (κ3) is 2.70. The van der Waals surface area contributed by atoms with Crippen LogP contribution in [0.3, 0.4) is 0 Å². The highest BCUT2D eigenvalue weighted by Gasteiger charge is 2.51. The van der Waals surface area contributed by atoms with E-state index in [1.165, 1.54) is 6.07 Å². The lowest BCUT2D eigenvalue weighted by atomic mass is 9.65. The number of hydrogen-bond donors (Lipinski definition) is 0. The maximum Gasteiger partial charge on any atom is 0.313 e. The Morgan fingerprint density at radius 1 is 1.60 bits per heavy atom. The molecule has 20 heavy (non-hydrogen) atoms. The van der Waals surface area contributed by atoms with Crippen molar-refractivity contribution < 1.29 is 9.66 Å². The average molecular weight is 428 g/mol. The summed E-state index contributed by atoms with van der Waals surface area (Å²) in [6.45, 7) is 4.21. The Balaban J connectivity index is 2.33. The van der Waals surface area contributed by atoms with Crippen molar-refractivity contribution in [2.45, 2.75) is 37.6 Å². The molecule has 4 nitrogen and oxygen atoms in total. The van der Waals surface area contributed by atoms with E-state index in [0.717, 1.165) is 12.8 Å². The summed E-state index contributed by atoms with van der Waals surface area (Å²) in [5.74, 6) is 0.253. The number of halogens is 3. The fourth-order valence-electron chi connectivity index (χ4n) is 2.34. The maximum atomic E-state index is 11.1. The molecule has 1 aromatic rings. The predicted molar refractivity (Wildman–Crippen MR) is 86.0 cm³/mol. The number of hydrogen-bond acceptors (Lipinski definition) is 3. The van der Waals surface area contributed by atoms with Gasteiger partial charge in [-0.25, -0.2) is 0 Å². The van der Waals surface area contributed by atoms with Crippen molar-refractivity contribution >= 4 is 49.1 Å². The van der Waals surface area contributed by atoms with Gasteiger partial charge in [0.15, 0.2) is 0 Å². The van der Waals surface area contributed by atoms with Gasteiger partial charge in [-0.1, -0.05) is 41.4 Å². The minimum atomic E-state index is -0.473. The first-order valence-electron chi connectivity index (χ1n) is 6.23. The summed E-state index contributed by atoms with van der Waals surface area (Å²) in [7, 11) is 0. The van der Waals surface area contributed by atoms with Crippen LogP contribution in [0.1, 0.15) is 26.7 Å². The summed E-state index contributed by atoms with van der Waals surface area (Å²) < 4.78 is 6.44. The van der Waals surface area contributed by atoms with Crippen LogP contribution < -0.4 is 4.74 Å². The molecular formula is C13H14Br2ClNO3. The van der Waals surface area contributed by atoms with Gasteiger partial charge in [0.1, 0.15) is 6.10 Å². The lowest BCUT2D eigenvalue weighted by Gasteiger charge is -2.50. The van der Waals surface area contributed by atoms with E-state index in [0.29, 0.717) is 14.3 Å². The van der Waals surface area contributed by atoms with Gasteiger partial charge in [-0.15, -0.1) is 0 Å². The van der Waals surface area contributed by atoms with Crippen LogP contribution in [0.5, 0.6) is 5.75 Å². The first kappa shape index (κ1) is 16.0. The van der Waals surface area contributed by atoms with Gasteiger partial charge in [-0.2, -0.15) is 0 Å². The number of benzene rings is 1. The molecule has 0 spiro atoms. The van der Waals surface area contributed by atoms with Crippen LogP contribution in [-0.2, 0) is 0 Å². The monoisotopic (exact) mass is 425 g/mol. The first-order chi connectivity index (χ1) is 9.29. The Labute approximate surface area is 139 Å². The average Bonchev–Trinajstić information content (AvgIpc) is 2.38. The van der Waals surface area contributed by atoms with Crippen LogP contribution in [0.15, 0.2) is 16.6 Å². The molecule has 110 valence electrons. The van der Waals surface area contributed by atoms with E-state index in [9.17, 15) is 10.1 Å². The van der Waals surface area contributed by atoms with Gasteiger partial charge >= 0.3 is 5.69 Å². The van der Waals surface area contributed by atoms with Crippen molar-refractivity contribution in [2.24, 2.45) is 5.41 Å². The molecule has 2 rings (SSSR count). The Morgan fingerprint density at radius 3 is 2.75 bits per heavy atom. The minimum absolute atomic E-state index is 0.0209. The molecule has 3 atom stereocenters. The lowest BCUT2D eigenvalue weighted by molar-refractivity contribution is -0.386. The van der Waals surface area contributed by atoms with Gasteiger partial charge in [-0.05, 0) is 34.8 Å². The summed E-state index contributed by atoms with van der Waals surface area (Å²) in [5, 5.41) is 11.5. The largest absolute Gasteiger partial charge is 0.482 e. The van der Waals surface area contributed by atoms with Gasteiger partial charge in [0.05, 0.1) is 9.40 Å². The van der Waals surface area contributed by atoms with E-state index in [2.05, 4.69) is 45.7 Å². The quantitative estimate of drug-likeness (QED) is 0.370. The van der Waals surface area contributed by atoms with Crippen LogP contribution in [0, 0.1) is 15.5 Å². The highest BCUT2D eigenvalue weighted by Crippen LogP contribution is 2.51. The first-order valence-corrected chi connectivity index (χ1v) is 8.32. The topological polar surface area (TPSA) is 52.4 Å². The molecule has 0 radical (unpaired) electrons. The number of ether oxygens (including phenoxy) is 1. The molecule has 0 N–H and O–H groups in total. The van der Waals surface area contributed by atoms with Crippen molar-refractivity contribution in [3.8, 4) is 5.75 Å². The van der Waals surface area contributed by atoms with Crippen molar-refractivity contribution in [2.75, 3.05) is 0 Å². The van der Waals surface area contributed by atoms with E-state index >= 15 is 0 Å². The molecule has 3 unspecified atom stereocenters. The smallest absolute Gasteiger partial charge is 0.313 e. The fourth-order valence-corrected chi connectivity index (χ4v) is 4.19. The minimum Gasteiger partial charge on any atom is -0.482 e. The van der Waals surface area contributed by atoms with E-state index < -0.39 is 4.92 Å². The van der Waals surface area contributed by atoms with Crippen LogP contribution in [0.2, 0.25) is 5.02 Å². The SMILES string of the molecule is CCC1(C)C(Br)CC1Oc1c(Br)cc(Cl)cc1[N+](=O)[O-]. The molecule has 1 aliphatic carbocycles. The zero-order valence-corrected chi connectivity index (χ0v) is 15.0. The maximum absolute atomic E-state index is 11.1. The zero-order valence-electron chi connectivity index (χ0n) is 11.0. The fraction of sp³-hybridized carbons (Fsp3) is 0.538. The standard InChI is InChI=1S/C13H14Br2ClNO3/c1-3-13(2)10(15)6-11(13)20-12-8(14)4-7(16)5-9(12)17(18)19/h4-5,10-11H,3,6H2,1-2H3. The summed E-state index contributed by atoms with van der Waals surface area (Å²) in [6.07, 6.45) is 1.72. The Kier molecular flexibility index (Phi) is 4.66. The van der Waals surface area contributed by atoms with Gasteiger partial charge < -0.3 is 4.74 Å². The second-order valence-corrected chi connectivity index (χ2v) is 7.56. The normalized spacial score (nSPS) is 28.9. The van der Waals surface area contributed by atoms with Gasteiger partial charge in [0.2, 0.25) is 5.75 Å². The number of rotatable bonds is 4. The van der Waals surface area contributed by atoms with Crippen molar-refractivity contribution in [3.63, 3.8) is 0 Å². The van der Waals surface area contributed by atoms with Gasteiger partial charge in [0, 0.05) is 21.3 Å². The number of nitrogens with zero attached hydrogens (tertiary/aromatic N) is 1. The third-order valence-electron chi connectivity index (χ3n) is 4.08. The molecule has 0 aliphatic heterocycles. The van der Waals surface area contributed by atoms with E-state index in [4.69, 9.17) is 16.3 Å². The number of nitro benzene ring substituents is 1. The van der Waals surface area contributed by atoms with Crippen LogP contribution in [-0.4, -0.2) is 15.9 Å². The summed E-state index contributed by atoms with van der Waals surface area (Å²) >= 11 is 12.8. The summed E-state index contributed by atoms with van der Waals surface area (Å²) in [6, 6.07) is 2.92. The highest BCUT2D eigenvalue weighted by molar-refractivity contribution is 9.10. The molecule has 0 aromatic heterocycles. The van der Waals surface area contributed by atoms with Crippen molar-refractivity contribution in [3.05, 3.63) is 31.7 Å².